The molecule has 1 aromatic carbocycles. The predicted molar refractivity (Wildman–Crippen MR) is 98.6 cm³/mol. The molecule has 0 saturated heterocycles. The molecule has 29 heavy (non-hydrogen) atoms. The Morgan fingerprint density at radius 3 is 2.76 bits per heavy atom. The van der Waals surface area contributed by atoms with Crippen molar-refractivity contribution in [2.24, 2.45) is 7.05 Å². The molecule has 1 amide bonds. The van der Waals surface area contributed by atoms with Crippen LogP contribution in [0.4, 0.5) is 14.5 Å². The van der Waals surface area contributed by atoms with Crippen LogP contribution in [-0.4, -0.2) is 31.7 Å². The molecule has 1 atom stereocenters. The largest absolute Gasteiger partial charge is 0.483 e. The Labute approximate surface area is 163 Å². The molecule has 1 aliphatic rings. The number of carbonyl (C=O) groups is 1. The lowest BCUT2D eigenvalue weighted by Gasteiger charge is -2.34. The lowest BCUT2D eigenvalue weighted by atomic mass is 10.1. The summed E-state index contributed by atoms with van der Waals surface area (Å²) in [7, 11) is 1.45. The first kappa shape index (κ1) is 18.9. The van der Waals surface area contributed by atoms with Gasteiger partial charge in [0.2, 0.25) is 0 Å². The molecule has 0 saturated carbocycles. The van der Waals surface area contributed by atoms with Gasteiger partial charge in [-0.1, -0.05) is 12.1 Å². The summed E-state index contributed by atoms with van der Waals surface area (Å²) in [6.45, 7) is 1.00. The molecule has 4 rings (SSSR count). The van der Waals surface area contributed by atoms with Crippen molar-refractivity contribution < 1.29 is 23.4 Å². The number of pyridine rings is 1. The molecular formula is C19H16F2N4O4. The second kappa shape index (κ2) is 6.59. The topological polar surface area (TPSA) is 97.6 Å². The van der Waals surface area contributed by atoms with Crippen LogP contribution in [0.1, 0.15) is 24.4 Å². The average Bonchev–Trinajstić information content (AvgIpc) is 2.68. The summed E-state index contributed by atoms with van der Waals surface area (Å²) >= 11 is 0. The molecular weight excluding hydrogens is 386 g/mol. The number of alkyl halides is 2. The van der Waals surface area contributed by atoms with Crippen molar-refractivity contribution in [3.05, 3.63) is 58.4 Å². The molecule has 0 spiro atoms. The molecule has 0 unspecified atom stereocenters. The maximum atomic E-state index is 14.3. The van der Waals surface area contributed by atoms with Crippen LogP contribution in [0.5, 0.6) is 5.75 Å². The van der Waals surface area contributed by atoms with Crippen molar-refractivity contribution in [1.29, 1.82) is 0 Å². The third-order valence-corrected chi connectivity index (χ3v) is 4.76. The fourth-order valence-electron chi connectivity index (χ4n) is 3.24. The van der Waals surface area contributed by atoms with Gasteiger partial charge in [-0.2, -0.15) is 8.78 Å². The van der Waals surface area contributed by atoms with E-state index in [1.54, 1.807) is 0 Å². The van der Waals surface area contributed by atoms with Crippen molar-refractivity contribution in [3.8, 4) is 5.75 Å². The number of fused-ring (bicyclic) bond motifs is 2. The molecule has 2 aromatic heterocycles. The van der Waals surface area contributed by atoms with Gasteiger partial charge in [0, 0.05) is 18.8 Å². The Bertz CT molecular complexity index is 1190. The molecule has 150 valence electrons. The lowest BCUT2D eigenvalue weighted by Crippen LogP contribution is -2.51. The zero-order chi connectivity index (χ0) is 20.9. The third-order valence-electron chi connectivity index (χ3n) is 4.76. The first-order chi connectivity index (χ1) is 13.7. The van der Waals surface area contributed by atoms with E-state index in [0.717, 1.165) is 4.90 Å². The molecule has 8 nitrogen and oxygen atoms in total. The summed E-state index contributed by atoms with van der Waals surface area (Å²) in [5.74, 6) is -1.79. The number of aromatic nitrogens is 3. The molecule has 0 aliphatic carbocycles. The first-order valence-corrected chi connectivity index (χ1v) is 8.70. The van der Waals surface area contributed by atoms with Gasteiger partial charge in [0.1, 0.15) is 5.82 Å². The van der Waals surface area contributed by atoms with Gasteiger partial charge in [0.25, 0.3) is 5.56 Å². The van der Waals surface area contributed by atoms with Gasteiger partial charge in [-0.3, -0.25) is 24.0 Å². The summed E-state index contributed by atoms with van der Waals surface area (Å²) < 4.78 is 34.5. The summed E-state index contributed by atoms with van der Waals surface area (Å²) in [4.78, 5) is 34.0. The van der Waals surface area contributed by atoms with Crippen molar-refractivity contribution in [2.75, 3.05) is 4.90 Å². The number of rotatable bonds is 3. The third kappa shape index (κ3) is 3.01. The van der Waals surface area contributed by atoms with Crippen molar-refractivity contribution >= 4 is 22.5 Å². The van der Waals surface area contributed by atoms with E-state index < -0.39 is 30.2 Å². The van der Waals surface area contributed by atoms with Crippen LogP contribution >= 0.6 is 0 Å². The number of aliphatic hydroxyl groups is 1. The summed E-state index contributed by atoms with van der Waals surface area (Å²) in [5, 5.41) is 10.2. The molecule has 1 N–H and O–H groups in total. The number of hydrogen-bond donors (Lipinski definition) is 1. The Morgan fingerprint density at radius 2 is 2.03 bits per heavy atom. The smallest absolute Gasteiger partial charge is 0.423 e. The Morgan fingerprint density at radius 1 is 1.28 bits per heavy atom. The van der Waals surface area contributed by atoms with Crippen LogP contribution in [0.2, 0.25) is 0 Å². The molecule has 1 aliphatic heterocycles. The number of hydrogen-bond acceptors (Lipinski definition) is 6. The summed E-state index contributed by atoms with van der Waals surface area (Å²) in [6, 6.07) is 5.88. The van der Waals surface area contributed by atoms with E-state index in [4.69, 9.17) is 0 Å². The molecule has 0 bridgehead atoms. The Balaban J connectivity index is 1.87. The number of amides is 1. The molecule has 10 heteroatoms. The zero-order valence-electron chi connectivity index (χ0n) is 15.5. The number of benzene rings is 1. The van der Waals surface area contributed by atoms with Gasteiger partial charge < -0.3 is 9.84 Å². The standard InChI is InChI=1S/C19H16F2N4O4/c1-10(26)11-4-3-5-14-16(11)29-19(20,21)18(28)25(14)9-15-23-13-8-22-7-6-12(13)17(27)24(15)2/h3-8,10,26H,9H2,1-2H3/t10-/m0/s1. The number of para-hydroxylation sites is 1. The summed E-state index contributed by atoms with van der Waals surface area (Å²) in [6.07, 6.45) is -2.39. The number of halogens is 2. The fourth-order valence-corrected chi connectivity index (χ4v) is 3.24. The van der Waals surface area contributed by atoms with E-state index in [0.29, 0.717) is 5.39 Å². The van der Waals surface area contributed by atoms with Crippen LogP contribution < -0.4 is 15.2 Å². The maximum Gasteiger partial charge on any atom is 0.483 e. The Hall–Kier alpha value is -3.40. The van der Waals surface area contributed by atoms with Crippen LogP contribution in [0.15, 0.2) is 41.5 Å². The maximum absolute atomic E-state index is 14.3. The van der Waals surface area contributed by atoms with Crippen molar-refractivity contribution in [2.45, 2.75) is 25.7 Å². The monoisotopic (exact) mass is 402 g/mol. The van der Waals surface area contributed by atoms with Gasteiger partial charge in [-0.25, -0.2) is 4.98 Å². The van der Waals surface area contributed by atoms with Gasteiger partial charge in [-0.05, 0) is 19.1 Å². The van der Waals surface area contributed by atoms with E-state index in [2.05, 4.69) is 14.7 Å². The van der Waals surface area contributed by atoms with E-state index in [1.165, 1.54) is 55.2 Å². The molecule has 3 aromatic rings. The van der Waals surface area contributed by atoms with Gasteiger partial charge in [-0.15, -0.1) is 0 Å². The number of anilines is 1. The quantitative estimate of drug-likeness (QED) is 0.719. The van der Waals surface area contributed by atoms with Crippen molar-refractivity contribution in [1.82, 2.24) is 14.5 Å². The molecule has 3 heterocycles. The molecule has 0 fully saturated rings. The molecule has 0 radical (unpaired) electrons. The van der Waals surface area contributed by atoms with Crippen LogP contribution in [-0.2, 0) is 18.4 Å². The second-order valence-corrected chi connectivity index (χ2v) is 6.67. The average molecular weight is 402 g/mol. The van der Waals surface area contributed by atoms with Crippen LogP contribution in [0, 0.1) is 0 Å². The number of carbonyl (C=O) groups excluding carboxylic acids is 1. The van der Waals surface area contributed by atoms with Crippen LogP contribution in [0.25, 0.3) is 10.9 Å². The Kier molecular flexibility index (Phi) is 4.30. The highest BCUT2D eigenvalue weighted by atomic mass is 19.3. The minimum atomic E-state index is -4.13. The lowest BCUT2D eigenvalue weighted by molar-refractivity contribution is -0.193. The normalized spacial score (nSPS) is 16.4. The minimum Gasteiger partial charge on any atom is -0.423 e. The minimum absolute atomic E-state index is 0.0554. The number of aliphatic hydroxyl groups excluding tert-OH is 1. The van der Waals surface area contributed by atoms with Crippen molar-refractivity contribution in [3.63, 3.8) is 0 Å². The van der Waals surface area contributed by atoms with Crippen LogP contribution in [0.3, 0.4) is 0 Å². The zero-order valence-corrected chi connectivity index (χ0v) is 15.5. The second-order valence-electron chi connectivity index (χ2n) is 6.67. The van der Waals surface area contributed by atoms with E-state index in [1.807, 2.05) is 0 Å². The highest BCUT2D eigenvalue weighted by Gasteiger charge is 2.51. The van der Waals surface area contributed by atoms with Gasteiger partial charge in [0.15, 0.2) is 5.75 Å². The summed E-state index contributed by atoms with van der Waals surface area (Å²) in [5.41, 5.74) is 0.0675. The van der Waals surface area contributed by atoms with Gasteiger partial charge in [0.05, 0.1) is 35.4 Å². The highest BCUT2D eigenvalue weighted by Crippen LogP contribution is 2.44. The van der Waals surface area contributed by atoms with E-state index in [-0.39, 0.29) is 28.3 Å². The van der Waals surface area contributed by atoms with E-state index in [9.17, 15) is 23.5 Å². The predicted octanol–water partition coefficient (Wildman–Crippen LogP) is 1.90. The fraction of sp³-hybridized carbons (Fsp3) is 0.263. The first-order valence-electron chi connectivity index (χ1n) is 8.70. The SMILES string of the molecule is C[C@H](O)c1cccc2c1OC(F)(F)C(=O)N2Cc1nc2cnccc2c(=O)n1C. The highest BCUT2D eigenvalue weighted by molar-refractivity contribution is 6.01. The number of nitrogens with zero attached hydrogens (tertiary/aromatic N) is 4. The van der Waals surface area contributed by atoms with E-state index >= 15 is 0 Å². The van der Waals surface area contributed by atoms with Gasteiger partial charge >= 0.3 is 12.0 Å². The number of ether oxygens (including phenoxy) is 1.